The average molecular weight is 712 g/mol. The van der Waals surface area contributed by atoms with Crippen molar-refractivity contribution in [3.8, 4) is 5.75 Å². The molecule has 1 spiro atoms. The third-order valence-corrected chi connectivity index (χ3v) is 13.4. The van der Waals surface area contributed by atoms with Gasteiger partial charge in [0.25, 0.3) is 5.91 Å². The molecule has 6 rings (SSSR count). The topological polar surface area (TPSA) is 108 Å². The summed E-state index contributed by atoms with van der Waals surface area (Å²) in [7, 11) is -2.56. The minimum atomic E-state index is -4.19. The Kier molecular flexibility index (Phi) is 10.5. The van der Waals surface area contributed by atoms with E-state index in [1.165, 1.54) is 15.4 Å². The van der Waals surface area contributed by atoms with E-state index >= 15 is 0 Å². The van der Waals surface area contributed by atoms with Crippen LogP contribution >= 0.6 is 11.6 Å². The number of nitrogens with zero attached hydrogens (tertiary/aromatic N) is 2. The van der Waals surface area contributed by atoms with Gasteiger partial charge in [0.05, 0.1) is 24.5 Å². The monoisotopic (exact) mass is 711 g/mol. The van der Waals surface area contributed by atoms with Gasteiger partial charge in [-0.3, -0.25) is 4.79 Å². The van der Waals surface area contributed by atoms with Gasteiger partial charge in [0.2, 0.25) is 0 Å². The van der Waals surface area contributed by atoms with Gasteiger partial charge in [0, 0.05) is 48.3 Å². The molecule has 1 heterocycles. The number of ether oxygens (including phenoxy) is 2. The fourth-order valence-corrected chi connectivity index (χ4v) is 10.5. The molecular formula is C38H50ClN3O6S. The Balaban J connectivity index is 1.33. The second kappa shape index (κ2) is 14.4. The van der Waals surface area contributed by atoms with Crippen molar-refractivity contribution in [2.45, 2.75) is 88.5 Å². The molecule has 1 aliphatic heterocycles. The molecule has 0 bridgehead atoms. The number of carbonyl (C=O) groups excluding carboxylic acids is 1. The normalized spacial score (nSPS) is 28.9. The number of carbonyl (C=O) groups is 1. The Bertz CT molecular complexity index is 1680. The number of aliphatic hydroxyl groups is 1. The van der Waals surface area contributed by atoms with Crippen LogP contribution in [0.4, 0.5) is 5.69 Å². The lowest BCUT2D eigenvalue weighted by Crippen LogP contribution is -2.57. The van der Waals surface area contributed by atoms with Crippen molar-refractivity contribution in [3.63, 3.8) is 0 Å². The predicted octanol–water partition coefficient (Wildman–Crippen LogP) is 6.05. The van der Waals surface area contributed by atoms with E-state index in [-0.39, 0.29) is 41.0 Å². The quantitative estimate of drug-likeness (QED) is 0.258. The SMILES string of the molecule is C=CC[C@H](C)N([C@H]1C[C@@H](OC)C1)S(=O)(=O)NC(=O)c1ccc2c(c1)N(CC1[C@H](C)C[C@H]1[C@@H](O)C=C)C[C@@]1(CCCc3cc(Cl)ccc31)CO2. The molecule has 1 amide bonds. The number of anilines is 1. The van der Waals surface area contributed by atoms with E-state index in [2.05, 4.69) is 41.8 Å². The van der Waals surface area contributed by atoms with E-state index in [9.17, 15) is 18.3 Å². The van der Waals surface area contributed by atoms with E-state index in [4.69, 9.17) is 21.1 Å². The van der Waals surface area contributed by atoms with Crippen LogP contribution in [0.5, 0.6) is 5.75 Å². The summed E-state index contributed by atoms with van der Waals surface area (Å²) in [5.74, 6) is 0.615. The predicted molar refractivity (Wildman–Crippen MR) is 194 cm³/mol. The third-order valence-electron chi connectivity index (χ3n) is 11.5. The van der Waals surface area contributed by atoms with Crippen molar-refractivity contribution >= 4 is 33.4 Å². The molecule has 2 aromatic rings. The number of aryl methyl sites for hydroxylation is 1. The fraction of sp³-hybridized carbons (Fsp3) is 0.553. The van der Waals surface area contributed by atoms with Crippen LogP contribution in [0.1, 0.15) is 73.9 Å². The lowest BCUT2D eigenvalue weighted by molar-refractivity contribution is -0.0109. The highest BCUT2D eigenvalue weighted by atomic mass is 35.5. The number of hydrogen-bond acceptors (Lipinski definition) is 7. The summed E-state index contributed by atoms with van der Waals surface area (Å²) in [6.07, 6.45) is 8.08. The van der Waals surface area contributed by atoms with Crippen LogP contribution in [0, 0.1) is 17.8 Å². The Morgan fingerprint density at radius 3 is 2.71 bits per heavy atom. The number of methoxy groups -OCH3 is 1. The molecule has 0 saturated heterocycles. The number of nitrogens with one attached hydrogen (secondary N) is 1. The molecule has 2 aromatic carbocycles. The van der Waals surface area contributed by atoms with Gasteiger partial charge in [-0.1, -0.05) is 36.7 Å². The maximum Gasteiger partial charge on any atom is 0.304 e. The van der Waals surface area contributed by atoms with Crippen LogP contribution in [0.25, 0.3) is 0 Å². The summed E-state index contributed by atoms with van der Waals surface area (Å²) in [6.45, 7) is 13.4. The van der Waals surface area contributed by atoms with Crippen LogP contribution in [-0.2, 0) is 26.8 Å². The van der Waals surface area contributed by atoms with E-state index < -0.39 is 22.2 Å². The number of hydrogen-bond donors (Lipinski definition) is 2. The van der Waals surface area contributed by atoms with Crippen LogP contribution in [0.15, 0.2) is 61.7 Å². The number of aliphatic hydroxyl groups excluding tert-OH is 1. The zero-order valence-corrected chi connectivity index (χ0v) is 30.4. The van der Waals surface area contributed by atoms with Gasteiger partial charge in [-0.2, -0.15) is 12.7 Å². The van der Waals surface area contributed by atoms with Gasteiger partial charge >= 0.3 is 10.2 Å². The average Bonchev–Trinajstić information content (AvgIpc) is 3.19. The molecule has 0 aromatic heterocycles. The Morgan fingerprint density at radius 2 is 2.02 bits per heavy atom. The summed E-state index contributed by atoms with van der Waals surface area (Å²) >= 11 is 6.43. The van der Waals surface area contributed by atoms with Gasteiger partial charge in [-0.05, 0) is 111 Å². The standard InChI is InChI=1S/C38H50ClN3O6S/c1-6-9-25(4)42(29-19-30(20-29)47-5)49(45,46)40-37(44)27-11-14-36-34(18-27)41(21-32-24(3)16-31(32)35(43)7-2)22-38(23-48-36)15-8-10-26-17-28(39)12-13-33(26)38/h6-7,11-14,17-18,24-25,29-32,35,43H,1-2,8-10,15-16,19-23H2,3-5H3,(H,40,44)/t24-,25+,29-,30+,31-,32?,35+,38+/m1/s1. The number of amides is 1. The van der Waals surface area contributed by atoms with Crippen LogP contribution in [-0.4, -0.2) is 74.8 Å². The second-order valence-electron chi connectivity index (χ2n) is 14.7. The maximum absolute atomic E-state index is 13.8. The lowest BCUT2D eigenvalue weighted by atomic mass is 9.62. The molecule has 2 saturated carbocycles. The first kappa shape index (κ1) is 35.9. The zero-order valence-electron chi connectivity index (χ0n) is 28.8. The van der Waals surface area contributed by atoms with Crippen molar-refractivity contribution in [2.75, 3.05) is 31.7 Å². The maximum atomic E-state index is 13.8. The van der Waals surface area contributed by atoms with Crippen LogP contribution < -0.4 is 14.4 Å². The zero-order chi connectivity index (χ0) is 35.1. The summed E-state index contributed by atoms with van der Waals surface area (Å²) in [6, 6.07) is 10.7. The summed E-state index contributed by atoms with van der Waals surface area (Å²) in [5, 5.41) is 11.5. The largest absolute Gasteiger partial charge is 0.490 e. The third kappa shape index (κ3) is 7.04. The van der Waals surface area contributed by atoms with Crippen molar-refractivity contribution in [2.24, 2.45) is 17.8 Å². The van der Waals surface area contributed by atoms with Crippen molar-refractivity contribution in [1.29, 1.82) is 0 Å². The molecule has 266 valence electrons. The van der Waals surface area contributed by atoms with E-state index in [0.717, 1.165) is 31.4 Å². The molecule has 3 aliphatic carbocycles. The molecule has 1 unspecified atom stereocenters. The van der Waals surface area contributed by atoms with Crippen molar-refractivity contribution in [1.82, 2.24) is 9.03 Å². The van der Waals surface area contributed by atoms with Crippen molar-refractivity contribution in [3.05, 3.63) is 83.4 Å². The molecule has 11 heteroatoms. The number of benzene rings is 2. The molecule has 2 fully saturated rings. The molecule has 2 N–H and O–H groups in total. The Hall–Kier alpha value is -2.89. The minimum Gasteiger partial charge on any atom is -0.490 e. The highest BCUT2D eigenvalue weighted by molar-refractivity contribution is 7.87. The Morgan fingerprint density at radius 1 is 1.24 bits per heavy atom. The van der Waals surface area contributed by atoms with Gasteiger partial charge < -0.3 is 19.5 Å². The Labute approximate surface area is 296 Å². The first-order valence-corrected chi connectivity index (χ1v) is 19.3. The second-order valence-corrected chi connectivity index (χ2v) is 16.7. The summed E-state index contributed by atoms with van der Waals surface area (Å²) < 4.78 is 43.4. The fourth-order valence-electron chi connectivity index (χ4n) is 8.70. The van der Waals surface area contributed by atoms with Crippen LogP contribution in [0.2, 0.25) is 5.02 Å². The molecule has 49 heavy (non-hydrogen) atoms. The van der Waals surface area contributed by atoms with Crippen LogP contribution in [0.3, 0.4) is 0 Å². The molecule has 0 radical (unpaired) electrons. The first-order chi connectivity index (χ1) is 23.4. The number of halogens is 1. The number of fused-ring (bicyclic) bond motifs is 3. The van der Waals surface area contributed by atoms with Gasteiger partial charge in [-0.25, -0.2) is 4.72 Å². The van der Waals surface area contributed by atoms with Gasteiger partial charge in [0.1, 0.15) is 5.75 Å². The van der Waals surface area contributed by atoms with Gasteiger partial charge in [-0.15, -0.1) is 13.2 Å². The smallest absolute Gasteiger partial charge is 0.304 e. The molecule has 6 atom stereocenters. The first-order valence-electron chi connectivity index (χ1n) is 17.5. The summed E-state index contributed by atoms with van der Waals surface area (Å²) in [4.78, 5) is 16.1. The highest BCUT2D eigenvalue weighted by Gasteiger charge is 2.47. The van der Waals surface area contributed by atoms with E-state index in [1.807, 2.05) is 13.0 Å². The highest BCUT2D eigenvalue weighted by Crippen LogP contribution is 2.48. The molecular weight excluding hydrogens is 662 g/mol. The van der Waals surface area contributed by atoms with E-state index in [0.29, 0.717) is 55.6 Å². The molecule has 4 aliphatic rings. The van der Waals surface area contributed by atoms with Crippen molar-refractivity contribution < 1.29 is 27.8 Å². The lowest BCUT2D eigenvalue weighted by Gasteiger charge is -2.48. The van der Waals surface area contributed by atoms with E-state index in [1.54, 1.807) is 37.5 Å². The molecule has 9 nitrogen and oxygen atoms in total. The van der Waals surface area contributed by atoms with Gasteiger partial charge in [0.15, 0.2) is 0 Å². The number of rotatable bonds is 12. The minimum absolute atomic E-state index is 0.00752. The summed E-state index contributed by atoms with van der Waals surface area (Å²) in [5.41, 5.74) is 3.12.